The van der Waals surface area contributed by atoms with Gasteiger partial charge in [0, 0.05) is 12.1 Å². The molecule has 0 heterocycles. The minimum absolute atomic E-state index is 0.0347. The van der Waals surface area contributed by atoms with Crippen molar-refractivity contribution >= 4 is 5.91 Å². The molecule has 0 atom stereocenters. The van der Waals surface area contributed by atoms with Crippen molar-refractivity contribution in [2.45, 2.75) is 34.1 Å². The highest BCUT2D eigenvalue weighted by Crippen LogP contribution is 2.08. The zero-order valence-electron chi connectivity index (χ0n) is 10.6. The van der Waals surface area contributed by atoms with E-state index in [0.29, 0.717) is 5.92 Å². The zero-order valence-corrected chi connectivity index (χ0v) is 10.6. The Hall–Kier alpha value is -1.31. The Morgan fingerprint density at radius 3 is 2.25 bits per heavy atom. The van der Waals surface area contributed by atoms with Crippen LogP contribution >= 0.6 is 0 Å². The normalized spacial score (nSPS) is 10.6. The number of carbonyl (C=O) groups is 1. The lowest BCUT2D eigenvalue weighted by Gasteiger charge is -2.08. The van der Waals surface area contributed by atoms with Gasteiger partial charge >= 0.3 is 0 Å². The van der Waals surface area contributed by atoms with Crippen molar-refractivity contribution in [1.82, 2.24) is 5.32 Å². The lowest BCUT2D eigenvalue weighted by atomic mass is 10.1. The minimum Gasteiger partial charge on any atom is -0.352 e. The Morgan fingerprint density at radius 2 is 1.75 bits per heavy atom. The van der Waals surface area contributed by atoms with Gasteiger partial charge in [-0.25, -0.2) is 0 Å². The lowest BCUT2D eigenvalue weighted by molar-refractivity contribution is 0.0952. The molecule has 0 saturated carbocycles. The standard InChI is InChI=1S/C14H21NO/c1-10(2)5-6-15-14(16)13-8-11(3)7-12(4)9-13/h7-10H,5-6H2,1-4H3,(H,15,16). The molecular formula is C14H21NO. The fourth-order valence-corrected chi connectivity index (χ4v) is 1.68. The van der Waals surface area contributed by atoms with Crippen LogP contribution in [0, 0.1) is 19.8 Å². The number of aryl methyl sites for hydroxylation is 2. The molecule has 0 aromatic heterocycles. The molecule has 0 aliphatic carbocycles. The molecule has 0 aliphatic rings. The smallest absolute Gasteiger partial charge is 0.251 e. The van der Waals surface area contributed by atoms with E-state index >= 15 is 0 Å². The second kappa shape index (κ2) is 5.69. The van der Waals surface area contributed by atoms with Crippen LogP contribution in [-0.4, -0.2) is 12.5 Å². The van der Waals surface area contributed by atoms with E-state index in [0.717, 1.165) is 29.7 Å². The van der Waals surface area contributed by atoms with E-state index in [9.17, 15) is 4.79 Å². The number of hydrogen-bond acceptors (Lipinski definition) is 1. The number of carbonyl (C=O) groups excluding carboxylic acids is 1. The van der Waals surface area contributed by atoms with E-state index in [4.69, 9.17) is 0 Å². The van der Waals surface area contributed by atoms with Crippen LogP contribution in [0.3, 0.4) is 0 Å². The molecule has 1 N–H and O–H groups in total. The first-order chi connectivity index (χ1) is 7.49. The van der Waals surface area contributed by atoms with E-state index in [2.05, 4.69) is 25.2 Å². The van der Waals surface area contributed by atoms with E-state index in [-0.39, 0.29) is 5.91 Å². The summed E-state index contributed by atoms with van der Waals surface area (Å²) in [4.78, 5) is 11.8. The van der Waals surface area contributed by atoms with Crippen LogP contribution in [0.1, 0.15) is 41.8 Å². The second-order valence-electron chi connectivity index (χ2n) is 4.81. The molecule has 0 spiro atoms. The average molecular weight is 219 g/mol. The quantitative estimate of drug-likeness (QED) is 0.828. The van der Waals surface area contributed by atoms with Gasteiger partial charge in [-0.05, 0) is 38.3 Å². The van der Waals surface area contributed by atoms with Crippen molar-refractivity contribution in [3.8, 4) is 0 Å². The van der Waals surface area contributed by atoms with Gasteiger partial charge in [0.1, 0.15) is 0 Å². The summed E-state index contributed by atoms with van der Waals surface area (Å²) in [6.07, 6.45) is 1.02. The summed E-state index contributed by atoms with van der Waals surface area (Å²) in [6, 6.07) is 5.93. The zero-order chi connectivity index (χ0) is 12.1. The fourth-order valence-electron chi connectivity index (χ4n) is 1.68. The lowest BCUT2D eigenvalue weighted by Crippen LogP contribution is -2.25. The summed E-state index contributed by atoms with van der Waals surface area (Å²) in [7, 11) is 0. The largest absolute Gasteiger partial charge is 0.352 e. The van der Waals surface area contributed by atoms with Crippen molar-refractivity contribution in [2.75, 3.05) is 6.54 Å². The second-order valence-corrected chi connectivity index (χ2v) is 4.81. The van der Waals surface area contributed by atoms with Crippen molar-refractivity contribution in [1.29, 1.82) is 0 Å². The molecule has 2 nitrogen and oxygen atoms in total. The highest BCUT2D eigenvalue weighted by molar-refractivity contribution is 5.94. The topological polar surface area (TPSA) is 29.1 Å². The number of amides is 1. The monoisotopic (exact) mass is 219 g/mol. The Morgan fingerprint density at radius 1 is 1.19 bits per heavy atom. The van der Waals surface area contributed by atoms with E-state index in [1.165, 1.54) is 0 Å². The fraction of sp³-hybridized carbons (Fsp3) is 0.500. The molecule has 1 amide bonds. The Bertz CT molecular complexity index is 349. The first kappa shape index (κ1) is 12.8. The van der Waals surface area contributed by atoms with Crippen molar-refractivity contribution < 1.29 is 4.79 Å². The van der Waals surface area contributed by atoms with Crippen LogP contribution < -0.4 is 5.32 Å². The number of nitrogens with one attached hydrogen (secondary N) is 1. The molecule has 88 valence electrons. The van der Waals surface area contributed by atoms with Gasteiger partial charge in [-0.3, -0.25) is 4.79 Å². The summed E-state index contributed by atoms with van der Waals surface area (Å²) in [6.45, 7) is 9.09. The van der Waals surface area contributed by atoms with Gasteiger partial charge in [0.2, 0.25) is 0 Å². The van der Waals surface area contributed by atoms with Crippen LogP contribution in [-0.2, 0) is 0 Å². The van der Waals surface area contributed by atoms with Gasteiger partial charge in [-0.15, -0.1) is 0 Å². The van der Waals surface area contributed by atoms with Crippen molar-refractivity contribution in [3.05, 3.63) is 34.9 Å². The summed E-state index contributed by atoms with van der Waals surface area (Å²) >= 11 is 0. The Labute approximate surface area is 98.1 Å². The summed E-state index contributed by atoms with van der Waals surface area (Å²) in [5, 5.41) is 2.95. The molecule has 1 aromatic rings. The molecule has 0 aliphatic heterocycles. The maximum atomic E-state index is 11.8. The predicted octanol–water partition coefficient (Wildman–Crippen LogP) is 3.08. The summed E-state index contributed by atoms with van der Waals surface area (Å²) < 4.78 is 0. The molecule has 0 fully saturated rings. The molecule has 0 saturated heterocycles. The third-order valence-electron chi connectivity index (χ3n) is 2.49. The SMILES string of the molecule is Cc1cc(C)cc(C(=O)NCCC(C)C)c1. The van der Waals surface area contributed by atoms with Gasteiger partial charge in [0.05, 0.1) is 0 Å². The third kappa shape index (κ3) is 4.05. The van der Waals surface area contributed by atoms with Crippen LogP contribution in [0.4, 0.5) is 0 Å². The summed E-state index contributed by atoms with van der Waals surface area (Å²) in [5.74, 6) is 0.659. The van der Waals surface area contributed by atoms with Crippen molar-refractivity contribution in [3.63, 3.8) is 0 Å². The van der Waals surface area contributed by atoms with Gasteiger partial charge in [-0.1, -0.05) is 31.0 Å². The number of rotatable bonds is 4. The molecular weight excluding hydrogens is 198 g/mol. The van der Waals surface area contributed by atoms with E-state index < -0.39 is 0 Å². The van der Waals surface area contributed by atoms with E-state index in [1.807, 2.05) is 26.0 Å². The Kier molecular flexibility index (Phi) is 4.53. The molecule has 2 heteroatoms. The molecule has 1 rings (SSSR count). The van der Waals surface area contributed by atoms with Crippen LogP contribution in [0.25, 0.3) is 0 Å². The summed E-state index contributed by atoms with van der Waals surface area (Å²) in [5.41, 5.74) is 3.03. The third-order valence-corrected chi connectivity index (χ3v) is 2.49. The average Bonchev–Trinajstić information content (AvgIpc) is 2.15. The molecule has 0 unspecified atom stereocenters. The van der Waals surface area contributed by atoms with Gasteiger partial charge in [-0.2, -0.15) is 0 Å². The number of benzene rings is 1. The maximum absolute atomic E-state index is 11.8. The van der Waals surface area contributed by atoms with Gasteiger partial charge in [0.25, 0.3) is 5.91 Å². The minimum atomic E-state index is 0.0347. The van der Waals surface area contributed by atoms with Gasteiger partial charge < -0.3 is 5.32 Å². The van der Waals surface area contributed by atoms with Crippen LogP contribution in [0.15, 0.2) is 18.2 Å². The first-order valence-corrected chi connectivity index (χ1v) is 5.85. The highest BCUT2D eigenvalue weighted by Gasteiger charge is 2.06. The Balaban J connectivity index is 2.59. The molecule has 0 radical (unpaired) electrons. The number of hydrogen-bond donors (Lipinski definition) is 1. The predicted molar refractivity (Wildman–Crippen MR) is 67.7 cm³/mol. The van der Waals surface area contributed by atoms with Crippen molar-refractivity contribution in [2.24, 2.45) is 5.92 Å². The molecule has 1 aromatic carbocycles. The molecule has 0 bridgehead atoms. The molecule has 16 heavy (non-hydrogen) atoms. The van der Waals surface area contributed by atoms with Crippen LogP contribution in [0.2, 0.25) is 0 Å². The maximum Gasteiger partial charge on any atom is 0.251 e. The van der Waals surface area contributed by atoms with Gasteiger partial charge in [0.15, 0.2) is 0 Å². The first-order valence-electron chi connectivity index (χ1n) is 5.85. The van der Waals surface area contributed by atoms with E-state index in [1.54, 1.807) is 0 Å². The van der Waals surface area contributed by atoms with Crippen LogP contribution in [0.5, 0.6) is 0 Å². The highest BCUT2D eigenvalue weighted by atomic mass is 16.1.